The average Bonchev–Trinajstić information content (AvgIpc) is 2.93. The van der Waals surface area contributed by atoms with Crippen LogP contribution in [0.3, 0.4) is 0 Å². The molecule has 0 radical (unpaired) electrons. The lowest BCUT2D eigenvalue weighted by molar-refractivity contribution is -0.117. The molecule has 0 aliphatic carbocycles. The van der Waals surface area contributed by atoms with Crippen LogP contribution < -0.4 is 10.6 Å². The summed E-state index contributed by atoms with van der Waals surface area (Å²) in [6, 6.07) is 18.9. The summed E-state index contributed by atoms with van der Waals surface area (Å²) in [5.41, 5.74) is 7.73. The minimum atomic E-state index is -0.832. The lowest BCUT2D eigenvalue weighted by Gasteiger charge is -2.20. The maximum Gasteiger partial charge on any atom is 0.262 e. The predicted molar refractivity (Wildman–Crippen MR) is 102 cm³/mol. The molecule has 2 N–H and O–H groups in total. The Morgan fingerprint density at radius 3 is 2.46 bits per heavy atom. The van der Waals surface area contributed by atoms with Crippen LogP contribution >= 0.6 is 11.8 Å². The fourth-order valence-corrected chi connectivity index (χ4v) is 4.17. The van der Waals surface area contributed by atoms with E-state index in [4.69, 9.17) is 5.73 Å². The van der Waals surface area contributed by atoms with E-state index in [1.165, 1.54) is 16.7 Å². The van der Waals surface area contributed by atoms with E-state index in [1.807, 2.05) is 61.5 Å². The number of nitriles is 1. The first-order valence-electron chi connectivity index (χ1n) is 8.07. The van der Waals surface area contributed by atoms with E-state index in [2.05, 4.69) is 0 Å². The van der Waals surface area contributed by atoms with E-state index in [0.717, 1.165) is 11.1 Å². The Hall–Kier alpha value is -3.04. The summed E-state index contributed by atoms with van der Waals surface area (Å²) < 4.78 is 0. The second kappa shape index (κ2) is 7.46. The number of para-hydroxylation sites is 1. The Balaban J connectivity index is 2.07. The third-order valence-electron chi connectivity index (χ3n) is 4.15. The minimum absolute atomic E-state index is 0.155. The molecule has 1 heterocycles. The van der Waals surface area contributed by atoms with Crippen molar-refractivity contribution in [2.24, 2.45) is 5.73 Å². The van der Waals surface area contributed by atoms with Crippen molar-refractivity contribution in [1.82, 2.24) is 0 Å². The molecule has 0 saturated carbocycles. The highest BCUT2D eigenvalue weighted by Gasteiger charge is 2.40. The van der Waals surface area contributed by atoms with Gasteiger partial charge >= 0.3 is 0 Å². The number of hydrogen-bond acceptors (Lipinski definition) is 4. The number of rotatable bonds is 4. The average molecular weight is 363 g/mol. The molecule has 1 fully saturated rings. The molecule has 2 amide bonds. The van der Waals surface area contributed by atoms with E-state index < -0.39 is 11.2 Å². The van der Waals surface area contributed by atoms with Crippen LogP contribution in [0.25, 0.3) is 0 Å². The van der Waals surface area contributed by atoms with Gasteiger partial charge in [-0.05, 0) is 30.5 Å². The van der Waals surface area contributed by atoms with Gasteiger partial charge < -0.3 is 5.73 Å². The van der Waals surface area contributed by atoms with Crippen LogP contribution in [-0.4, -0.2) is 17.1 Å². The Kier molecular flexibility index (Phi) is 5.10. The summed E-state index contributed by atoms with van der Waals surface area (Å²) in [4.78, 5) is 26.3. The lowest BCUT2D eigenvalue weighted by Crippen LogP contribution is -2.31. The first-order chi connectivity index (χ1) is 12.5. The van der Waals surface area contributed by atoms with Gasteiger partial charge in [-0.3, -0.25) is 14.5 Å². The minimum Gasteiger partial charge on any atom is -0.365 e. The quantitative estimate of drug-likeness (QED) is 0.668. The van der Waals surface area contributed by atoms with Crippen LogP contribution in [0.15, 0.2) is 65.2 Å². The number of primary amides is 1. The summed E-state index contributed by atoms with van der Waals surface area (Å²) in [5.74, 6) is -0.987. The maximum atomic E-state index is 13.1. The largest absolute Gasteiger partial charge is 0.365 e. The number of nitrogens with zero attached hydrogens (tertiary/aromatic N) is 2. The van der Waals surface area contributed by atoms with Crippen LogP contribution in [0.2, 0.25) is 0 Å². The molecule has 6 heteroatoms. The van der Waals surface area contributed by atoms with E-state index in [-0.39, 0.29) is 11.5 Å². The van der Waals surface area contributed by atoms with Crippen LogP contribution in [0, 0.1) is 18.3 Å². The zero-order chi connectivity index (χ0) is 18.7. The summed E-state index contributed by atoms with van der Waals surface area (Å²) >= 11 is 1.22. The van der Waals surface area contributed by atoms with Gasteiger partial charge in [0, 0.05) is 0 Å². The topological polar surface area (TPSA) is 87.2 Å². The number of thioether (sulfide) groups is 1. The Labute approximate surface area is 156 Å². The Bertz CT molecular complexity index is 932. The molecule has 0 bridgehead atoms. The highest BCUT2D eigenvalue weighted by atomic mass is 32.2. The molecule has 1 aliphatic heterocycles. The van der Waals surface area contributed by atoms with Gasteiger partial charge in [0.1, 0.15) is 16.7 Å². The van der Waals surface area contributed by atoms with Crippen molar-refractivity contribution in [2.75, 3.05) is 4.90 Å². The number of carbonyl (C=O) groups excluding carboxylic acids is 2. The van der Waals surface area contributed by atoms with Gasteiger partial charge in [-0.25, -0.2) is 0 Å². The molecule has 3 rings (SSSR count). The van der Waals surface area contributed by atoms with Crippen molar-refractivity contribution in [3.05, 3.63) is 76.3 Å². The van der Waals surface area contributed by atoms with E-state index >= 15 is 0 Å². The van der Waals surface area contributed by atoms with Gasteiger partial charge in [-0.15, -0.1) is 0 Å². The van der Waals surface area contributed by atoms with Gasteiger partial charge in [0.25, 0.3) is 5.91 Å². The zero-order valence-corrected chi connectivity index (χ0v) is 15.0. The molecule has 130 valence electrons. The molecule has 0 unspecified atom stereocenters. The SMILES string of the molecule is Cc1ccccc1N1C(=O)[C@H](Cc2ccccc2)S/C1=C(/C#N)C(N)=O. The molecule has 1 atom stereocenters. The number of nitrogens with two attached hydrogens (primary N) is 1. The van der Waals surface area contributed by atoms with Gasteiger partial charge in [-0.2, -0.15) is 5.26 Å². The summed E-state index contributed by atoms with van der Waals surface area (Å²) in [7, 11) is 0. The maximum absolute atomic E-state index is 13.1. The van der Waals surface area contributed by atoms with E-state index in [0.29, 0.717) is 17.1 Å². The van der Waals surface area contributed by atoms with Gasteiger partial charge in [0.15, 0.2) is 0 Å². The van der Waals surface area contributed by atoms with Crippen molar-refractivity contribution in [3.63, 3.8) is 0 Å². The highest BCUT2D eigenvalue weighted by Crippen LogP contribution is 2.42. The lowest BCUT2D eigenvalue weighted by atomic mass is 10.1. The van der Waals surface area contributed by atoms with Crippen molar-refractivity contribution >= 4 is 29.3 Å². The number of carbonyl (C=O) groups is 2. The second-order valence-electron chi connectivity index (χ2n) is 5.91. The normalized spacial score (nSPS) is 18.5. The van der Waals surface area contributed by atoms with Crippen molar-refractivity contribution in [3.8, 4) is 6.07 Å². The third-order valence-corrected chi connectivity index (χ3v) is 5.41. The third kappa shape index (κ3) is 3.35. The molecule has 1 aliphatic rings. The first kappa shape index (κ1) is 17.8. The zero-order valence-electron chi connectivity index (χ0n) is 14.2. The van der Waals surface area contributed by atoms with Gasteiger partial charge in [-0.1, -0.05) is 60.3 Å². The van der Waals surface area contributed by atoms with Crippen molar-refractivity contribution < 1.29 is 9.59 Å². The van der Waals surface area contributed by atoms with Crippen LogP contribution in [0.1, 0.15) is 11.1 Å². The van der Waals surface area contributed by atoms with Crippen molar-refractivity contribution in [1.29, 1.82) is 5.26 Å². The molecule has 26 heavy (non-hydrogen) atoms. The Morgan fingerprint density at radius 2 is 1.85 bits per heavy atom. The molecule has 2 aromatic carbocycles. The molecule has 0 spiro atoms. The standard InChI is InChI=1S/C20H17N3O2S/c1-13-7-5-6-10-16(13)23-19(25)17(11-14-8-3-2-4-9-14)26-20(23)15(12-21)18(22)24/h2-10,17H,11H2,1H3,(H2,22,24)/b20-15-/t17-/m0/s1. The fraction of sp³-hybridized carbons (Fsp3) is 0.150. The predicted octanol–water partition coefficient (Wildman–Crippen LogP) is 2.91. The first-order valence-corrected chi connectivity index (χ1v) is 8.95. The number of anilines is 1. The highest BCUT2D eigenvalue weighted by molar-refractivity contribution is 8.05. The van der Waals surface area contributed by atoms with Crippen molar-refractivity contribution in [2.45, 2.75) is 18.6 Å². The molecule has 1 saturated heterocycles. The van der Waals surface area contributed by atoms with Crippen LogP contribution in [0.4, 0.5) is 5.69 Å². The number of benzene rings is 2. The molecule has 2 aromatic rings. The van der Waals surface area contributed by atoms with Gasteiger partial charge in [0.05, 0.1) is 10.9 Å². The van der Waals surface area contributed by atoms with Crippen LogP contribution in [0.5, 0.6) is 0 Å². The summed E-state index contributed by atoms with van der Waals surface area (Å²) in [6.07, 6.45) is 0.508. The fourth-order valence-electron chi connectivity index (χ4n) is 2.86. The number of amides is 2. The van der Waals surface area contributed by atoms with E-state index in [1.54, 1.807) is 6.07 Å². The molecular formula is C20H17N3O2S. The summed E-state index contributed by atoms with van der Waals surface area (Å²) in [6.45, 7) is 1.88. The molecule has 5 nitrogen and oxygen atoms in total. The molecular weight excluding hydrogens is 346 g/mol. The number of hydrogen-bond donors (Lipinski definition) is 1. The van der Waals surface area contributed by atoms with Gasteiger partial charge in [0.2, 0.25) is 5.91 Å². The number of aryl methyl sites for hydroxylation is 1. The van der Waals surface area contributed by atoms with E-state index in [9.17, 15) is 14.9 Å². The monoisotopic (exact) mass is 363 g/mol. The smallest absolute Gasteiger partial charge is 0.262 e. The summed E-state index contributed by atoms with van der Waals surface area (Å²) in [5, 5.41) is 9.28. The second-order valence-corrected chi connectivity index (χ2v) is 7.10. The Morgan fingerprint density at radius 1 is 1.19 bits per heavy atom. The molecule has 0 aromatic heterocycles. The van der Waals surface area contributed by atoms with Crippen LogP contribution in [-0.2, 0) is 16.0 Å².